The number of carbonyl (C=O) groups is 1. The molecule has 4 nitrogen and oxygen atoms in total. The van der Waals surface area contributed by atoms with E-state index in [0.29, 0.717) is 18.4 Å². The van der Waals surface area contributed by atoms with E-state index in [1.165, 1.54) is 42.0 Å². The van der Waals surface area contributed by atoms with Gasteiger partial charge < -0.3 is 14.8 Å². The number of allylic oxidation sites excluding steroid dienone is 2. The zero-order valence-corrected chi connectivity index (χ0v) is 19.2. The van der Waals surface area contributed by atoms with Gasteiger partial charge >= 0.3 is 0 Å². The van der Waals surface area contributed by atoms with E-state index in [1.807, 2.05) is 0 Å². The third-order valence-electron chi connectivity index (χ3n) is 6.43. The lowest BCUT2D eigenvalue weighted by atomic mass is 9.68. The fourth-order valence-corrected chi connectivity index (χ4v) is 4.78. The third-order valence-corrected chi connectivity index (χ3v) is 6.43. The van der Waals surface area contributed by atoms with Gasteiger partial charge in [-0.2, -0.15) is 0 Å². The highest BCUT2D eigenvalue weighted by atomic mass is 16.5. The van der Waals surface area contributed by atoms with Crippen molar-refractivity contribution in [2.24, 2.45) is 5.92 Å². The second kappa shape index (κ2) is 9.72. The standard InChI is InChI=1S/C26H37NO3/c1-6-7-8-10-19-16-22(29-14-9-11-24(28)27-5)25-20-15-18(2)12-13-21(20)26(3,4)30-23(25)17-19/h9,11,15-17,20-21H,6-8,10,12-14H2,1-5H3,(H,27,28)/b11-9+/t20-,21-/m1/s1. The Morgan fingerprint density at radius 1 is 1.33 bits per heavy atom. The number of ether oxygens (including phenoxy) is 2. The lowest BCUT2D eigenvalue weighted by molar-refractivity contribution is -0.116. The summed E-state index contributed by atoms with van der Waals surface area (Å²) in [5, 5.41) is 2.59. The molecule has 1 aliphatic carbocycles. The first-order valence-electron chi connectivity index (χ1n) is 11.4. The van der Waals surface area contributed by atoms with Crippen molar-refractivity contribution < 1.29 is 14.3 Å². The average Bonchev–Trinajstić information content (AvgIpc) is 2.70. The Kier molecular flexibility index (Phi) is 7.27. The number of carbonyl (C=O) groups excluding carboxylic acids is 1. The van der Waals surface area contributed by atoms with Crippen LogP contribution in [0.15, 0.2) is 35.9 Å². The van der Waals surface area contributed by atoms with Crippen LogP contribution in [-0.2, 0) is 11.2 Å². The summed E-state index contributed by atoms with van der Waals surface area (Å²) in [5.74, 6) is 2.48. The van der Waals surface area contributed by atoms with Crippen LogP contribution in [0.5, 0.6) is 11.5 Å². The normalized spacial score (nSPS) is 22.0. The number of rotatable bonds is 8. The molecule has 0 saturated heterocycles. The van der Waals surface area contributed by atoms with Gasteiger partial charge in [0.05, 0.1) is 0 Å². The minimum absolute atomic E-state index is 0.120. The first-order chi connectivity index (χ1) is 14.4. The van der Waals surface area contributed by atoms with Crippen molar-refractivity contribution in [3.05, 3.63) is 47.1 Å². The van der Waals surface area contributed by atoms with Crippen LogP contribution in [0.2, 0.25) is 0 Å². The molecule has 0 saturated carbocycles. The van der Waals surface area contributed by atoms with Crippen LogP contribution in [0.25, 0.3) is 0 Å². The molecule has 1 aromatic rings. The average molecular weight is 412 g/mol. The Morgan fingerprint density at radius 2 is 2.13 bits per heavy atom. The molecule has 1 aliphatic heterocycles. The van der Waals surface area contributed by atoms with Crippen molar-refractivity contribution in [3.8, 4) is 11.5 Å². The Labute approximate surface area is 181 Å². The first kappa shape index (κ1) is 22.5. The highest BCUT2D eigenvalue weighted by molar-refractivity contribution is 5.87. The summed E-state index contributed by atoms with van der Waals surface area (Å²) in [6, 6.07) is 4.42. The van der Waals surface area contributed by atoms with E-state index in [0.717, 1.165) is 30.8 Å². The summed E-state index contributed by atoms with van der Waals surface area (Å²) in [6.07, 6.45) is 12.6. The molecule has 0 spiro atoms. The van der Waals surface area contributed by atoms with Crippen molar-refractivity contribution in [2.75, 3.05) is 13.7 Å². The molecule has 0 aromatic heterocycles. The number of likely N-dealkylation sites (N-methyl/N-ethyl adjacent to an activating group) is 1. The SMILES string of the molecule is CCCCCc1cc(OC/C=C/C(=O)NC)c2c(c1)OC(C)(C)[C@@H]1CCC(C)=C[C@@H]21. The van der Waals surface area contributed by atoms with Crippen molar-refractivity contribution in [1.82, 2.24) is 5.32 Å². The summed E-state index contributed by atoms with van der Waals surface area (Å²) in [5.41, 5.74) is 3.68. The van der Waals surface area contributed by atoms with E-state index in [4.69, 9.17) is 9.47 Å². The molecule has 30 heavy (non-hydrogen) atoms. The largest absolute Gasteiger partial charge is 0.489 e. The Morgan fingerprint density at radius 3 is 2.87 bits per heavy atom. The van der Waals surface area contributed by atoms with Gasteiger partial charge in [-0.15, -0.1) is 0 Å². The number of aryl methyl sites for hydroxylation is 1. The third kappa shape index (κ3) is 5.08. The molecule has 1 N–H and O–H groups in total. The van der Waals surface area contributed by atoms with Crippen LogP contribution < -0.4 is 14.8 Å². The second-order valence-electron chi connectivity index (χ2n) is 9.18. The predicted molar refractivity (Wildman–Crippen MR) is 122 cm³/mol. The molecule has 3 rings (SSSR count). The van der Waals surface area contributed by atoms with Crippen LogP contribution >= 0.6 is 0 Å². The molecule has 1 heterocycles. The van der Waals surface area contributed by atoms with E-state index in [9.17, 15) is 4.79 Å². The van der Waals surface area contributed by atoms with Gasteiger partial charge in [0.1, 0.15) is 23.7 Å². The molecular formula is C26H37NO3. The molecule has 1 aromatic carbocycles. The summed E-state index contributed by atoms with van der Waals surface area (Å²) in [7, 11) is 1.63. The highest BCUT2D eigenvalue weighted by Crippen LogP contribution is 2.53. The van der Waals surface area contributed by atoms with E-state index in [-0.39, 0.29) is 11.5 Å². The topological polar surface area (TPSA) is 47.6 Å². The summed E-state index contributed by atoms with van der Waals surface area (Å²) in [6.45, 7) is 9.26. The maximum absolute atomic E-state index is 11.5. The van der Waals surface area contributed by atoms with Gasteiger partial charge in [-0.1, -0.05) is 31.4 Å². The molecule has 0 unspecified atom stereocenters. The van der Waals surface area contributed by atoms with Gasteiger partial charge in [0.2, 0.25) is 5.91 Å². The van der Waals surface area contributed by atoms with Gasteiger partial charge in [0.25, 0.3) is 0 Å². The number of hydrogen-bond donors (Lipinski definition) is 1. The zero-order valence-electron chi connectivity index (χ0n) is 19.2. The Bertz CT molecular complexity index is 822. The quantitative estimate of drug-likeness (QED) is 0.338. The smallest absolute Gasteiger partial charge is 0.243 e. The monoisotopic (exact) mass is 411 g/mol. The van der Waals surface area contributed by atoms with Gasteiger partial charge in [0.15, 0.2) is 0 Å². The summed E-state index contributed by atoms with van der Waals surface area (Å²) >= 11 is 0. The first-order valence-corrected chi connectivity index (χ1v) is 11.4. The highest BCUT2D eigenvalue weighted by Gasteiger charge is 2.45. The second-order valence-corrected chi connectivity index (χ2v) is 9.18. The number of hydrogen-bond acceptors (Lipinski definition) is 3. The number of unbranched alkanes of at least 4 members (excludes halogenated alkanes) is 2. The van der Waals surface area contributed by atoms with Crippen LogP contribution in [0, 0.1) is 5.92 Å². The fourth-order valence-electron chi connectivity index (χ4n) is 4.78. The van der Waals surface area contributed by atoms with Crippen molar-refractivity contribution >= 4 is 5.91 Å². The van der Waals surface area contributed by atoms with E-state index in [2.05, 4.69) is 51.2 Å². The lowest BCUT2D eigenvalue weighted by Gasteiger charge is -2.46. The van der Waals surface area contributed by atoms with Gasteiger partial charge in [-0.3, -0.25) is 4.79 Å². The molecule has 0 radical (unpaired) electrons. The molecule has 2 aliphatic rings. The number of amides is 1. The lowest BCUT2D eigenvalue weighted by Crippen LogP contribution is -2.45. The predicted octanol–water partition coefficient (Wildman–Crippen LogP) is 5.71. The molecule has 164 valence electrons. The van der Waals surface area contributed by atoms with Crippen LogP contribution in [0.4, 0.5) is 0 Å². The minimum Gasteiger partial charge on any atom is -0.489 e. The van der Waals surface area contributed by atoms with Crippen molar-refractivity contribution in [2.45, 2.75) is 77.7 Å². The molecular weight excluding hydrogens is 374 g/mol. The van der Waals surface area contributed by atoms with Gasteiger partial charge in [-0.25, -0.2) is 0 Å². The van der Waals surface area contributed by atoms with Crippen LogP contribution in [0.3, 0.4) is 0 Å². The maximum atomic E-state index is 11.5. The Balaban J connectivity index is 1.96. The van der Waals surface area contributed by atoms with E-state index in [1.54, 1.807) is 13.1 Å². The van der Waals surface area contributed by atoms with Crippen LogP contribution in [-0.4, -0.2) is 25.2 Å². The van der Waals surface area contributed by atoms with E-state index >= 15 is 0 Å². The summed E-state index contributed by atoms with van der Waals surface area (Å²) < 4.78 is 12.8. The van der Waals surface area contributed by atoms with Gasteiger partial charge in [-0.05, 0) is 70.2 Å². The molecule has 0 fully saturated rings. The minimum atomic E-state index is -0.201. The number of benzene rings is 1. The Hall–Kier alpha value is -2.23. The number of fused-ring (bicyclic) bond motifs is 3. The van der Waals surface area contributed by atoms with E-state index < -0.39 is 0 Å². The van der Waals surface area contributed by atoms with Crippen molar-refractivity contribution in [1.29, 1.82) is 0 Å². The van der Waals surface area contributed by atoms with Gasteiger partial charge in [0, 0.05) is 30.5 Å². The summed E-state index contributed by atoms with van der Waals surface area (Å²) in [4.78, 5) is 11.5. The van der Waals surface area contributed by atoms with Crippen molar-refractivity contribution in [3.63, 3.8) is 0 Å². The number of nitrogens with one attached hydrogen (secondary N) is 1. The molecule has 1 amide bonds. The maximum Gasteiger partial charge on any atom is 0.243 e. The van der Waals surface area contributed by atoms with Crippen LogP contribution in [0.1, 0.15) is 76.8 Å². The fraction of sp³-hybridized carbons (Fsp3) is 0.577. The molecule has 0 bridgehead atoms. The zero-order chi connectivity index (χ0) is 21.7. The molecule has 2 atom stereocenters. The molecule has 4 heteroatoms.